The molecular formula is C10H14N2O4S2. The lowest BCUT2D eigenvalue weighted by Gasteiger charge is -2.07. The fraction of sp³-hybridized carbons (Fsp3) is 0.600. The van der Waals surface area contributed by atoms with E-state index >= 15 is 0 Å². The molecule has 1 aliphatic heterocycles. The number of sulfone groups is 1. The lowest BCUT2D eigenvalue weighted by molar-refractivity contribution is -0.380. The first-order valence-corrected chi connectivity index (χ1v) is 8.24. The molecule has 100 valence electrons. The fourth-order valence-corrected chi connectivity index (χ4v) is 4.64. The zero-order valence-electron chi connectivity index (χ0n) is 9.66. The van der Waals surface area contributed by atoms with Crippen molar-refractivity contribution < 1.29 is 13.3 Å². The Kier molecular flexibility index (Phi) is 3.98. The van der Waals surface area contributed by atoms with Crippen molar-refractivity contribution in [2.75, 3.05) is 18.1 Å². The van der Waals surface area contributed by atoms with Crippen LogP contribution in [-0.2, 0) is 16.4 Å². The van der Waals surface area contributed by atoms with E-state index in [1.807, 2.05) is 0 Å². The molecule has 2 rings (SSSR count). The van der Waals surface area contributed by atoms with E-state index in [4.69, 9.17) is 0 Å². The summed E-state index contributed by atoms with van der Waals surface area (Å²) in [7, 11) is -2.82. The molecule has 1 atom stereocenters. The molecule has 8 heteroatoms. The van der Waals surface area contributed by atoms with Gasteiger partial charge in [0.25, 0.3) is 0 Å². The highest BCUT2D eigenvalue weighted by atomic mass is 32.2. The van der Waals surface area contributed by atoms with Gasteiger partial charge in [-0.3, -0.25) is 10.1 Å². The van der Waals surface area contributed by atoms with Crippen molar-refractivity contribution >= 4 is 26.2 Å². The Morgan fingerprint density at radius 1 is 1.50 bits per heavy atom. The van der Waals surface area contributed by atoms with Crippen LogP contribution in [0.5, 0.6) is 0 Å². The summed E-state index contributed by atoms with van der Waals surface area (Å²) in [6.45, 7) is 1.19. The minimum absolute atomic E-state index is 0.134. The molecular weight excluding hydrogens is 276 g/mol. The number of hydrogen-bond acceptors (Lipinski definition) is 6. The molecule has 1 unspecified atom stereocenters. The van der Waals surface area contributed by atoms with Crippen LogP contribution < -0.4 is 5.32 Å². The van der Waals surface area contributed by atoms with Gasteiger partial charge in [0.05, 0.1) is 16.4 Å². The third-order valence-corrected chi connectivity index (χ3v) is 5.76. The minimum Gasteiger partial charge on any atom is -0.312 e. The Labute approximate surface area is 109 Å². The number of nitro groups is 1. The smallest absolute Gasteiger partial charge is 0.312 e. The molecule has 0 bridgehead atoms. The highest BCUT2D eigenvalue weighted by Crippen LogP contribution is 2.24. The number of nitrogens with zero attached hydrogens (tertiary/aromatic N) is 1. The average molecular weight is 290 g/mol. The summed E-state index contributed by atoms with van der Waals surface area (Å²) in [5.74, 6) is 0.707. The number of hydrogen-bond donors (Lipinski definition) is 1. The first-order valence-electron chi connectivity index (χ1n) is 5.60. The normalized spacial score (nSPS) is 22.1. The van der Waals surface area contributed by atoms with Gasteiger partial charge in [0, 0.05) is 17.5 Å². The maximum absolute atomic E-state index is 11.3. The van der Waals surface area contributed by atoms with Crippen molar-refractivity contribution in [1.82, 2.24) is 5.32 Å². The summed E-state index contributed by atoms with van der Waals surface area (Å²) in [5.41, 5.74) is 0. The maximum Gasteiger partial charge on any atom is 0.324 e. The van der Waals surface area contributed by atoms with Crippen LogP contribution in [0.25, 0.3) is 0 Å². The van der Waals surface area contributed by atoms with Crippen LogP contribution in [0.15, 0.2) is 12.1 Å². The van der Waals surface area contributed by atoms with Gasteiger partial charge in [-0.05, 0) is 24.9 Å². The number of rotatable bonds is 5. The van der Waals surface area contributed by atoms with Crippen LogP contribution in [0.3, 0.4) is 0 Å². The van der Waals surface area contributed by atoms with Crippen LogP contribution in [0, 0.1) is 16.0 Å². The van der Waals surface area contributed by atoms with Crippen molar-refractivity contribution in [2.45, 2.75) is 13.0 Å². The quantitative estimate of drug-likeness (QED) is 0.649. The van der Waals surface area contributed by atoms with E-state index in [0.717, 1.165) is 16.2 Å². The molecule has 0 aliphatic carbocycles. The summed E-state index contributed by atoms with van der Waals surface area (Å²) in [4.78, 5) is 11.0. The van der Waals surface area contributed by atoms with Gasteiger partial charge in [0.1, 0.15) is 0 Å². The second kappa shape index (κ2) is 5.33. The zero-order chi connectivity index (χ0) is 13.2. The Bertz CT molecular complexity index is 538. The Morgan fingerprint density at radius 3 is 2.83 bits per heavy atom. The molecule has 1 aromatic rings. The molecule has 1 saturated heterocycles. The highest BCUT2D eigenvalue weighted by molar-refractivity contribution is 7.91. The maximum atomic E-state index is 11.3. The topological polar surface area (TPSA) is 89.3 Å². The Hall–Kier alpha value is -0.990. The third-order valence-electron chi connectivity index (χ3n) is 2.89. The van der Waals surface area contributed by atoms with E-state index in [2.05, 4.69) is 5.32 Å². The van der Waals surface area contributed by atoms with Gasteiger partial charge >= 0.3 is 5.00 Å². The van der Waals surface area contributed by atoms with E-state index in [1.54, 1.807) is 6.07 Å². The minimum atomic E-state index is -2.82. The van der Waals surface area contributed by atoms with E-state index in [1.165, 1.54) is 6.07 Å². The Morgan fingerprint density at radius 2 is 2.28 bits per heavy atom. The highest BCUT2D eigenvalue weighted by Gasteiger charge is 2.27. The van der Waals surface area contributed by atoms with Gasteiger partial charge in [-0.15, -0.1) is 0 Å². The van der Waals surface area contributed by atoms with Gasteiger partial charge in [0.2, 0.25) is 0 Å². The summed E-state index contributed by atoms with van der Waals surface area (Å²) in [6.07, 6.45) is 0.708. The SMILES string of the molecule is O=[N+]([O-])c1ccc(CNCC2CCS(=O)(=O)C2)s1. The number of nitrogens with one attached hydrogen (secondary N) is 1. The molecule has 0 spiro atoms. The summed E-state index contributed by atoms with van der Waals surface area (Å²) < 4.78 is 22.5. The van der Waals surface area contributed by atoms with Crippen molar-refractivity contribution in [3.63, 3.8) is 0 Å². The molecule has 2 heterocycles. The van der Waals surface area contributed by atoms with Crippen LogP contribution in [-0.4, -0.2) is 31.4 Å². The van der Waals surface area contributed by atoms with Crippen LogP contribution in [0.4, 0.5) is 5.00 Å². The zero-order valence-corrected chi connectivity index (χ0v) is 11.3. The molecule has 0 radical (unpaired) electrons. The lowest BCUT2D eigenvalue weighted by atomic mass is 10.1. The summed E-state index contributed by atoms with van der Waals surface area (Å²) >= 11 is 1.14. The van der Waals surface area contributed by atoms with Crippen molar-refractivity contribution in [2.24, 2.45) is 5.92 Å². The van der Waals surface area contributed by atoms with E-state index in [9.17, 15) is 18.5 Å². The molecule has 0 aromatic carbocycles. The molecule has 1 aliphatic rings. The second-order valence-electron chi connectivity index (χ2n) is 4.40. The first-order chi connectivity index (χ1) is 8.46. The van der Waals surface area contributed by atoms with Crippen LogP contribution in [0.1, 0.15) is 11.3 Å². The van der Waals surface area contributed by atoms with Crippen molar-refractivity contribution in [1.29, 1.82) is 0 Å². The summed E-state index contributed by atoms with van der Waals surface area (Å²) in [5, 5.41) is 13.8. The number of thiophene rings is 1. The molecule has 0 saturated carbocycles. The molecule has 6 nitrogen and oxygen atoms in total. The standard InChI is InChI=1S/C10H14N2O4S2/c13-12(14)10-2-1-9(17-10)6-11-5-8-3-4-18(15,16)7-8/h1-2,8,11H,3-7H2. The monoisotopic (exact) mass is 290 g/mol. The summed E-state index contributed by atoms with van der Waals surface area (Å²) in [6, 6.07) is 3.21. The molecule has 1 N–H and O–H groups in total. The lowest BCUT2D eigenvalue weighted by Crippen LogP contribution is -2.22. The van der Waals surface area contributed by atoms with Crippen LogP contribution in [0.2, 0.25) is 0 Å². The molecule has 0 amide bonds. The second-order valence-corrected chi connectivity index (χ2v) is 7.77. The van der Waals surface area contributed by atoms with Crippen molar-refractivity contribution in [3.8, 4) is 0 Å². The van der Waals surface area contributed by atoms with Crippen LogP contribution >= 0.6 is 11.3 Å². The molecule has 1 aromatic heterocycles. The predicted octanol–water partition coefficient (Wildman–Crippen LogP) is 1.18. The van der Waals surface area contributed by atoms with E-state index < -0.39 is 14.8 Å². The van der Waals surface area contributed by atoms with E-state index in [-0.39, 0.29) is 22.4 Å². The van der Waals surface area contributed by atoms with E-state index in [0.29, 0.717) is 19.5 Å². The Balaban J connectivity index is 1.77. The largest absolute Gasteiger partial charge is 0.324 e. The predicted molar refractivity (Wildman–Crippen MR) is 69.4 cm³/mol. The average Bonchev–Trinajstić information content (AvgIpc) is 2.86. The van der Waals surface area contributed by atoms with Gasteiger partial charge in [-0.25, -0.2) is 8.42 Å². The van der Waals surface area contributed by atoms with Gasteiger partial charge in [0.15, 0.2) is 9.84 Å². The first kappa shape index (κ1) is 13.4. The van der Waals surface area contributed by atoms with Gasteiger partial charge in [-0.1, -0.05) is 11.3 Å². The third kappa shape index (κ3) is 3.50. The molecule has 1 fully saturated rings. The van der Waals surface area contributed by atoms with Gasteiger partial charge < -0.3 is 5.32 Å². The van der Waals surface area contributed by atoms with Gasteiger partial charge in [-0.2, -0.15) is 0 Å². The van der Waals surface area contributed by atoms with Crippen molar-refractivity contribution in [3.05, 3.63) is 27.1 Å². The molecule has 18 heavy (non-hydrogen) atoms. The fourth-order valence-electron chi connectivity index (χ4n) is 1.99.